The molecule has 0 unspecified atom stereocenters. The van der Waals surface area contributed by atoms with Crippen molar-refractivity contribution in [1.29, 1.82) is 0 Å². The summed E-state index contributed by atoms with van der Waals surface area (Å²) in [6.45, 7) is 3.11. The van der Waals surface area contributed by atoms with Crippen molar-refractivity contribution in [3.05, 3.63) is 46.7 Å². The van der Waals surface area contributed by atoms with E-state index in [9.17, 15) is 13.2 Å². The van der Waals surface area contributed by atoms with Crippen LogP contribution in [0.25, 0.3) is 0 Å². The van der Waals surface area contributed by atoms with Gasteiger partial charge in [-0.25, -0.2) is 0 Å². The van der Waals surface area contributed by atoms with Crippen molar-refractivity contribution in [1.82, 2.24) is 4.83 Å². The van der Waals surface area contributed by atoms with Gasteiger partial charge in [0.2, 0.25) is 5.91 Å². The van der Waals surface area contributed by atoms with Crippen LogP contribution in [0.2, 0.25) is 0 Å². The van der Waals surface area contributed by atoms with Crippen LogP contribution in [0.15, 0.2) is 51.8 Å². The number of carbonyl (C=O) groups excluding carboxylic acids is 1. The van der Waals surface area contributed by atoms with Crippen LogP contribution >= 0.6 is 11.3 Å². The molecule has 22 heavy (non-hydrogen) atoms. The maximum absolute atomic E-state index is 12.1. The third-order valence-corrected chi connectivity index (χ3v) is 4.90. The van der Waals surface area contributed by atoms with Crippen LogP contribution in [0.5, 0.6) is 0 Å². The van der Waals surface area contributed by atoms with Gasteiger partial charge in [-0.05, 0) is 42.6 Å². The van der Waals surface area contributed by atoms with Gasteiger partial charge in [0, 0.05) is 12.6 Å². The van der Waals surface area contributed by atoms with Crippen molar-refractivity contribution in [3.63, 3.8) is 0 Å². The average molecular weight is 337 g/mol. The molecule has 1 amide bonds. The molecule has 6 nitrogen and oxygen atoms in total. The lowest BCUT2D eigenvalue weighted by atomic mass is 10.3. The molecule has 8 heteroatoms. The molecule has 0 fully saturated rings. The Balaban J connectivity index is 2.13. The summed E-state index contributed by atoms with van der Waals surface area (Å²) in [5.41, 5.74) is 1.12. The van der Waals surface area contributed by atoms with Crippen molar-refractivity contribution in [3.8, 4) is 0 Å². The number of carbonyl (C=O) groups is 1. The molecule has 0 aliphatic carbocycles. The van der Waals surface area contributed by atoms with E-state index in [1.807, 2.05) is 17.5 Å². The Morgan fingerprint density at radius 3 is 2.36 bits per heavy atom. The van der Waals surface area contributed by atoms with Crippen molar-refractivity contribution in [2.75, 3.05) is 5.32 Å². The number of rotatable bonds is 5. The summed E-state index contributed by atoms with van der Waals surface area (Å²) in [6.07, 6.45) is 0. The number of thiophene rings is 1. The molecule has 0 bridgehead atoms. The number of anilines is 1. The summed E-state index contributed by atoms with van der Waals surface area (Å²) in [5.74, 6) is -0.218. The summed E-state index contributed by atoms with van der Waals surface area (Å²) in [6, 6.07) is 9.58. The molecular weight excluding hydrogens is 322 g/mol. The number of hydrazone groups is 1. The molecule has 0 aliphatic rings. The highest BCUT2D eigenvalue weighted by atomic mass is 32.2. The molecule has 0 atom stereocenters. The lowest BCUT2D eigenvalue weighted by molar-refractivity contribution is -0.114. The van der Waals surface area contributed by atoms with Gasteiger partial charge in [-0.1, -0.05) is 6.07 Å². The molecule has 0 spiro atoms. The number of hydrogen-bond acceptors (Lipinski definition) is 5. The lowest BCUT2D eigenvalue weighted by Gasteiger charge is -2.06. The first-order valence-corrected chi connectivity index (χ1v) is 8.72. The fraction of sp³-hybridized carbons (Fsp3) is 0.143. The zero-order valence-electron chi connectivity index (χ0n) is 12.0. The Morgan fingerprint density at radius 2 is 1.82 bits per heavy atom. The van der Waals surface area contributed by atoms with E-state index in [1.165, 1.54) is 42.5 Å². The van der Waals surface area contributed by atoms with Crippen LogP contribution in [0.3, 0.4) is 0 Å². The molecule has 2 N–H and O–H groups in total. The van der Waals surface area contributed by atoms with Gasteiger partial charge in [0.15, 0.2) is 0 Å². The summed E-state index contributed by atoms with van der Waals surface area (Å²) in [5, 5.41) is 8.37. The number of nitrogens with one attached hydrogen (secondary N) is 2. The monoisotopic (exact) mass is 337 g/mol. The van der Waals surface area contributed by atoms with Crippen LogP contribution in [0.1, 0.15) is 18.7 Å². The van der Waals surface area contributed by atoms with E-state index in [1.54, 1.807) is 6.92 Å². The van der Waals surface area contributed by atoms with Gasteiger partial charge < -0.3 is 5.32 Å². The standard InChI is InChI=1S/C14H15N3O3S2/c1-10(14-4-3-9-21-14)16-17-22(19,20)13-7-5-12(6-8-13)15-11(2)18/h3-9,17H,1-2H3,(H,15,18)/b16-10+. The zero-order valence-corrected chi connectivity index (χ0v) is 13.7. The van der Waals surface area contributed by atoms with E-state index >= 15 is 0 Å². The molecule has 1 heterocycles. The van der Waals surface area contributed by atoms with Gasteiger partial charge in [0.1, 0.15) is 0 Å². The highest BCUT2D eigenvalue weighted by molar-refractivity contribution is 7.89. The van der Waals surface area contributed by atoms with Gasteiger partial charge in [0.05, 0.1) is 15.5 Å². The van der Waals surface area contributed by atoms with Gasteiger partial charge in [-0.15, -0.1) is 11.3 Å². The summed E-state index contributed by atoms with van der Waals surface area (Å²) >= 11 is 1.48. The molecule has 2 rings (SSSR count). The zero-order chi connectivity index (χ0) is 16.2. The quantitative estimate of drug-likeness (QED) is 0.649. The number of amides is 1. The minimum absolute atomic E-state index is 0.0735. The van der Waals surface area contributed by atoms with Crippen molar-refractivity contribution < 1.29 is 13.2 Å². The number of hydrogen-bond donors (Lipinski definition) is 2. The van der Waals surface area contributed by atoms with Crippen LogP contribution < -0.4 is 10.1 Å². The fourth-order valence-corrected chi connectivity index (χ4v) is 3.18. The molecular formula is C14H15N3O3S2. The third-order valence-electron chi connectivity index (χ3n) is 2.70. The van der Waals surface area contributed by atoms with Gasteiger partial charge in [-0.3, -0.25) is 4.79 Å². The molecule has 1 aromatic heterocycles. The molecule has 1 aromatic carbocycles. The van der Waals surface area contributed by atoms with Crippen LogP contribution in [0, 0.1) is 0 Å². The largest absolute Gasteiger partial charge is 0.326 e. The Morgan fingerprint density at radius 1 is 1.14 bits per heavy atom. The van der Waals surface area contributed by atoms with Gasteiger partial charge in [-0.2, -0.15) is 18.4 Å². The number of benzene rings is 1. The molecule has 116 valence electrons. The van der Waals surface area contributed by atoms with Crippen LogP contribution in [-0.4, -0.2) is 20.0 Å². The molecule has 0 radical (unpaired) electrons. The average Bonchev–Trinajstić information content (AvgIpc) is 2.99. The SMILES string of the molecule is CC(=O)Nc1ccc(S(=O)(=O)N/N=C(\C)c2cccs2)cc1. The maximum atomic E-state index is 12.1. The smallest absolute Gasteiger partial charge is 0.276 e. The Bertz CT molecular complexity index is 779. The minimum Gasteiger partial charge on any atom is -0.326 e. The normalized spacial score (nSPS) is 12.0. The van der Waals surface area contributed by atoms with E-state index in [0.29, 0.717) is 11.4 Å². The summed E-state index contributed by atoms with van der Waals surface area (Å²) in [4.78, 5) is 14.1. The van der Waals surface area contributed by atoms with Crippen LogP contribution in [0.4, 0.5) is 5.69 Å². The predicted molar refractivity (Wildman–Crippen MR) is 87.6 cm³/mol. The van der Waals surface area contributed by atoms with Gasteiger partial charge in [0.25, 0.3) is 10.0 Å². The topological polar surface area (TPSA) is 87.6 Å². The summed E-state index contributed by atoms with van der Waals surface area (Å²) in [7, 11) is -3.74. The highest BCUT2D eigenvalue weighted by Gasteiger charge is 2.13. The summed E-state index contributed by atoms with van der Waals surface area (Å²) < 4.78 is 24.3. The Labute approximate surface area is 132 Å². The van der Waals surface area contributed by atoms with E-state index < -0.39 is 10.0 Å². The molecule has 2 aromatic rings. The van der Waals surface area contributed by atoms with Crippen molar-refractivity contribution in [2.45, 2.75) is 18.7 Å². The van der Waals surface area contributed by atoms with E-state index in [0.717, 1.165) is 4.88 Å². The van der Waals surface area contributed by atoms with E-state index in [2.05, 4.69) is 15.2 Å². The third kappa shape index (κ3) is 4.15. The van der Waals surface area contributed by atoms with E-state index in [4.69, 9.17) is 0 Å². The lowest BCUT2D eigenvalue weighted by Crippen LogP contribution is -2.19. The highest BCUT2D eigenvalue weighted by Crippen LogP contribution is 2.14. The second kappa shape index (κ2) is 6.71. The number of nitrogens with zero attached hydrogens (tertiary/aromatic N) is 1. The molecule has 0 aliphatic heterocycles. The van der Waals surface area contributed by atoms with Gasteiger partial charge >= 0.3 is 0 Å². The Kier molecular flexibility index (Phi) is 4.94. The van der Waals surface area contributed by atoms with Crippen molar-refractivity contribution in [2.24, 2.45) is 5.10 Å². The molecule has 0 saturated heterocycles. The van der Waals surface area contributed by atoms with Crippen LogP contribution in [-0.2, 0) is 14.8 Å². The molecule has 0 saturated carbocycles. The maximum Gasteiger partial charge on any atom is 0.276 e. The first-order chi connectivity index (χ1) is 10.4. The van der Waals surface area contributed by atoms with Crippen molar-refractivity contribution >= 4 is 38.7 Å². The fourth-order valence-electron chi connectivity index (χ4n) is 1.64. The second-order valence-corrected chi connectivity index (χ2v) is 7.08. The predicted octanol–water partition coefficient (Wildman–Crippen LogP) is 2.41. The first-order valence-electron chi connectivity index (χ1n) is 6.36. The van der Waals surface area contributed by atoms with E-state index in [-0.39, 0.29) is 10.8 Å². The number of sulfonamides is 1. The first kappa shape index (κ1) is 16.2. The second-order valence-electron chi connectivity index (χ2n) is 4.47. The Hall–Kier alpha value is -2.19. The minimum atomic E-state index is -3.74.